The van der Waals surface area contributed by atoms with Gasteiger partial charge in [-0.05, 0) is 55.0 Å². The Morgan fingerprint density at radius 3 is 2.78 bits per heavy atom. The SMILES string of the molecule is CCCOc1ccc(-c2csc(NC(=O)C3CCCN(S(=O)(=O)c4cccs4)C3)n2)cc1. The van der Waals surface area contributed by atoms with Crippen molar-refractivity contribution in [2.24, 2.45) is 5.92 Å². The van der Waals surface area contributed by atoms with Crippen LogP contribution in [0.25, 0.3) is 11.3 Å². The number of sulfonamides is 1. The molecule has 7 nitrogen and oxygen atoms in total. The Labute approximate surface area is 196 Å². The highest BCUT2D eigenvalue weighted by Crippen LogP contribution is 2.29. The molecule has 1 N–H and O–H groups in total. The number of anilines is 1. The lowest BCUT2D eigenvalue weighted by Gasteiger charge is -2.30. The maximum absolute atomic E-state index is 12.8. The number of ether oxygens (including phenoxy) is 1. The zero-order valence-electron chi connectivity index (χ0n) is 17.7. The minimum atomic E-state index is -3.55. The number of hydrogen-bond acceptors (Lipinski definition) is 7. The molecular weight excluding hydrogens is 466 g/mol. The number of nitrogens with zero attached hydrogens (tertiary/aromatic N) is 2. The Kier molecular flexibility index (Phi) is 7.24. The number of rotatable bonds is 8. The van der Waals surface area contributed by atoms with E-state index in [9.17, 15) is 13.2 Å². The van der Waals surface area contributed by atoms with E-state index in [0.717, 1.165) is 23.4 Å². The van der Waals surface area contributed by atoms with Crippen molar-refractivity contribution >= 4 is 43.7 Å². The first kappa shape index (κ1) is 22.9. The summed E-state index contributed by atoms with van der Waals surface area (Å²) in [5.74, 6) is 0.222. The summed E-state index contributed by atoms with van der Waals surface area (Å²) in [6, 6.07) is 11.0. The molecule has 0 aliphatic carbocycles. The predicted molar refractivity (Wildman–Crippen MR) is 128 cm³/mol. The third-order valence-corrected chi connectivity index (χ3v) is 9.20. The van der Waals surface area contributed by atoms with Crippen molar-refractivity contribution in [3.8, 4) is 17.0 Å². The van der Waals surface area contributed by atoms with Crippen LogP contribution >= 0.6 is 22.7 Å². The molecule has 3 heterocycles. The number of benzene rings is 1. The van der Waals surface area contributed by atoms with Gasteiger partial charge in [0.25, 0.3) is 10.0 Å². The third kappa shape index (κ3) is 5.20. The standard InChI is InChI=1S/C22H25N3O4S3/c1-2-12-29-18-9-7-16(8-10-18)19-15-31-22(23-19)24-21(26)17-5-3-11-25(14-17)32(27,28)20-6-4-13-30-20/h4,6-10,13,15,17H,2-3,5,11-12,14H2,1H3,(H,23,24,26). The fraction of sp³-hybridized carbons (Fsp3) is 0.364. The molecule has 1 aliphatic heterocycles. The minimum absolute atomic E-state index is 0.184. The van der Waals surface area contributed by atoms with Gasteiger partial charge in [-0.1, -0.05) is 13.0 Å². The molecule has 1 aromatic carbocycles. The highest BCUT2D eigenvalue weighted by molar-refractivity contribution is 7.91. The average Bonchev–Trinajstić information content (AvgIpc) is 3.51. The molecule has 1 fully saturated rings. The van der Waals surface area contributed by atoms with Crippen LogP contribution in [0, 0.1) is 5.92 Å². The van der Waals surface area contributed by atoms with Crippen molar-refractivity contribution in [1.82, 2.24) is 9.29 Å². The number of thiazole rings is 1. The van der Waals surface area contributed by atoms with E-state index < -0.39 is 15.9 Å². The van der Waals surface area contributed by atoms with E-state index in [1.54, 1.807) is 17.5 Å². The number of thiophene rings is 1. The summed E-state index contributed by atoms with van der Waals surface area (Å²) in [6.45, 7) is 3.36. The second-order valence-corrected chi connectivity index (χ2v) is 11.5. The Hall–Kier alpha value is -2.27. The molecule has 3 aromatic rings. The second-order valence-electron chi connectivity index (χ2n) is 7.53. The maximum atomic E-state index is 12.8. The zero-order valence-corrected chi connectivity index (χ0v) is 20.1. The lowest BCUT2D eigenvalue weighted by molar-refractivity contribution is -0.120. The van der Waals surface area contributed by atoms with Crippen molar-refractivity contribution in [2.45, 2.75) is 30.4 Å². The van der Waals surface area contributed by atoms with Gasteiger partial charge in [0.05, 0.1) is 18.2 Å². The third-order valence-electron chi connectivity index (χ3n) is 5.20. The van der Waals surface area contributed by atoms with Gasteiger partial charge in [0.15, 0.2) is 5.13 Å². The summed E-state index contributed by atoms with van der Waals surface area (Å²) in [6.07, 6.45) is 2.26. The quantitative estimate of drug-likeness (QED) is 0.493. The largest absolute Gasteiger partial charge is 0.494 e. The van der Waals surface area contributed by atoms with Crippen LogP contribution in [0.4, 0.5) is 5.13 Å². The number of hydrogen-bond donors (Lipinski definition) is 1. The van der Waals surface area contributed by atoms with E-state index in [1.807, 2.05) is 29.6 Å². The lowest BCUT2D eigenvalue weighted by Crippen LogP contribution is -2.43. The molecule has 1 unspecified atom stereocenters. The number of aromatic nitrogens is 1. The molecule has 10 heteroatoms. The van der Waals surface area contributed by atoms with Crippen molar-refractivity contribution in [3.05, 3.63) is 47.2 Å². The van der Waals surface area contributed by atoms with Crippen LogP contribution in [0.3, 0.4) is 0 Å². The van der Waals surface area contributed by atoms with Crippen LogP contribution < -0.4 is 10.1 Å². The Morgan fingerprint density at radius 1 is 1.25 bits per heavy atom. The fourth-order valence-corrected chi connectivity index (χ4v) is 6.92. The summed E-state index contributed by atoms with van der Waals surface area (Å²) in [4.78, 5) is 17.4. The van der Waals surface area contributed by atoms with Gasteiger partial charge < -0.3 is 10.1 Å². The molecule has 1 aliphatic rings. The summed E-state index contributed by atoms with van der Waals surface area (Å²) in [5.41, 5.74) is 1.72. The monoisotopic (exact) mass is 491 g/mol. The molecule has 0 spiro atoms. The van der Waals surface area contributed by atoms with E-state index >= 15 is 0 Å². The molecule has 1 amide bonds. The number of amides is 1. The van der Waals surface area contributed by atoms with Crippen molar-refractivity contribution in [2.75, 3.05) is 25.0 Å². The molecule has 1 saturated heterocycles. The van der Waals surface area contributed by atoms with Gasteiger partial charge in [0, 0.05) is 24.0 Å². The molecule has 32 heavy (non-hydrogen) atoms. The lowest BCUT2D eigenvalue weighted by atomic mass is 9.99. The van der Waals surface area contributed by atoms with Crippen LogP contribution in [-0.2, 0) is 14.8 Å². The van der Waals surface area contributed by atoms with Crippen LogP contribution in [0.15, 0.2) is 51.4 Å². The average molecular weight is 492 g/mol. The van der Waals surface area contributed by atoms with Crippen LogP contribution in [0.2, 0.25) is 0 Å². The van der Waals surface area contributed by atoms with Gasteiger partial charge in [-0.2, -0.15) is 4.31 Å². The van der Waals surface area contributed by atoms with Gasteiger partial charge >= 0.3 is 0 Å². The molecule has 0 bridgehead atoms. The first-order chi connectivity index (χ1) is 15.5. The van der Waals surface area contributed by atoms with Gasteiger partial charge in [-0.3, -0.25) is 4.79 Å². The van der Waals surface area contributed by atoms with E-state index in [-0.39, 0.29) is 12.5 Å². The number of piperidine rings is 1. The topological polar surface area (TPSA) is 88.6 Å². The van der Waals surface area contributed by atoms with Gasteiger partial charge in [-0.15, -0.1) is 22.7 Å². The maximum Gasteiger partial charge on any atom is 0.252 e. The van der Waals surface area contributed by atoms with E-state index in [2.05, 4.69) is 17.2 Å². The molecular formula is C22H25N3O4S3. The summed E-state index contributed by atoms with van der Waals surface area (Å²) >= 11 is 2.55. The first-order valence-electron chi connectivity index (χ1n) is 10.5. The Morgan fingerprint density at radius 2 is 2.06 bits per heavy atom. The predicted octanol–water partition coefficient (Wildman–Crippen LogP) is 4.70. The second kappa shape index (κ2) is 10.1. The van der Waals surface area contributed by atoms with Crippen molar-refractivity contribution in [1.29, 1.82) is 0 Å². The van der Waals surface area contributed by atoms with Gasteiger partial charge in [0.2, 0.25) is 5.91 Å². The molecule has 1 atom stereocenters. The summed E-state index contributed by atoms with van der Waals surface area (Å²) < 4.78 is 32.9. The van der Waals surface area contributed by atoms with E-state index in [1.165, 1.54) is 27.0 Å². The number of nitrogens with one attached hydrogen (secondary N) is 1. The smallest absolute Gasteiger partial charge is 0.252 e. The Balaban J connectivity index is 1.38. The normalized spacial score (nSPS) is 17.2. The number of carbonyl (C=O) groups excluding carboxylic acids is 1. The number of carbonyl (C=O) groups is 1. The fourth-order valence-electron chi connectivity index (χ4n) is 3.53. The molecule has 4 rings (SSSR count). The summed E-state index contributed by atoms with van der Waals surface area (Å²) in [5, 5.41) is 7.02. The van der Waals surface area contributed by atoms with Crippen LogP contribution in [0.1, 0.15) is 26.2 Å². The Bertz CT molecular complexity index is 1140. The van der Waals surface area contributed by atoms with Gasteiger partial charge in [-0.25, -0.2) is 13.4 Å². The van der Waals surface area contributed by atoms with E-state index in [4.69, 9.17) is 4.74 Å². The highest BCUT2D eigenvalue weighted by atomic mass is 32.2. The molecule has 170 valence electrons. The molecule has 2 aromatic heterocycles. The van der Waals surface area contributed by atoms with Gasteiger partial charge in [0.1, 0.15) is 9.96 Å². The van der Waals surface area contributed by atoms with Crippen LogP contribution in [-0.4, -0.2) is 43.3 Å². The first-order valence-corrected chi connectivity index (χ1v) is 13.7. The van der Waals surface area contributed by atoms with Crippen molar-refractivity contribution < 1.29 is 17.9 Å². The van der Waals surface area contributed by atoms with Crippen LogP contribution in [0.5, 0.6) is 5.75 Å². The minimum Gasteiger partial charge on any atom is -0.494 e. The van der Waals surface area contributed by atoms with Crippen molar-refractivity contribution in [3.63, 3.8) is 0 Å². The van der Waals surface area contributed by atoms with E-state index in [0.29, 0.717) is 35.3 Å². The highest BCUT2D eigenvalue weighted by Gasteiger charge is 2.34. The molecule has 0 radical (unpaired) electrons. The zero-order chi connectivity index (χ0) is 22.6. The summed E-state index contributed by atoms with van der Waals surface area (Å²) in [7, 11) is -3.55. The molecule has 0 saturated carbocycles.